The van der Waals surface area contributed by atoms with Crippen LogP contribution in [-0.4, -0.2) is 22.9 Å². The van der Waals surface area contributed by atoms with E-state index < -0.39 is 0 Å². The number of hydrogen-bond acceptors (Lipinski definition) is 4. The lowest BCUT2D eigenvalue weighted by atomic mass is 10.2. The number of aromatic nitrogens is 2. The van der Waals surface area contributed by atoms with Crippen molar-refractivity contribution < 1.29 is 4.74 Å². The van der Waals surface area contributed by atoms with E-state index in [9.17, 15) is 0 Å². The number of nitrogens with zero attached hydrogens (tertiary/aromatic N) is 2. The van der Waals surface area contributed by atoms with Crippen LogP contribution < -0.4 is 10.5 Å². The molecule has 2 rings (SSSR count). The minimum absolute atomic E-state index is 0.0936. The summed E-state index contributed by atoms with van der Waals surface area (Å²) in [5.41, 5.74) is 6.10. The molecule has 0 unspecified atom stereocenters. The lowest BCUT2D eigenvalue weighted by Crippen LogP contribution is -2.14. The van der Waals surface area contributed by atoms with Crippen molar-refractivity contribution in [2.45, 2.75) is 25.2 Å². The Hall–Kier alpha value is -1.65. The van der Waals surface area contributed by atoms with Gasteiger partial charge in [0.25, 0.3) is 0 Å². The van der Waals surface area contributed by atoms with E-state index in [0.717, 1.165) is 24.2 Å². The van der Waals surface area contributed by atoms with Gasteiger partial charge in [-0.15, -0.1) is 0 Å². The van der Waals surface area contributed by atoms with E-state index >= 15 is 0 Å². The molecule has 1 heterocycles. The molecule has 0 aliphatic heterocycles. The zero-order chi connectivity index (χ0) is 10.8. The highest BCUT2D eigenvalue weighted by molar-refractivity contribution is 5.79. The Kier molecular flexibility index (Phi) is 2.53. The molecule has 80 valence electrons. The summed E-state index contributed by atoms with van der Waals surface area (Å²) in [5.74, 6) is 1.99. The third-order valence-electron chi connectivity index (χ3n) is 2.36. The second-order valence-electron chi connectivity index (χ2n) is 3.74. The molecule has 3 N–H and O–H groups in total. The molecule has 15 heavy (non-hydrogen) atoms. The van der Waals surface area contributed by atoms with Crippen molar-refractivity contribution in [1.29, 1.82) is 5.41 Å². The van der Waals surface area contributed by atoms with Crippen molar-refractivity contribution in [2.75, 3.05) is 7.11 Å². The quantitative estimate of drug-likeness (QED) is 0.564. The first kappa shape index (κ1) is 9.89. The lowest BCUT2D eigenvalue weighted by Gasteiger charge is -2.07. The third-order valence-corrected chi connectivity index (χ3v) is 2.36. The van der Waals surface area contributed by atoms with Gasteiger partial charge in [0.05, 0.1) is 12.9 Å². The number of ether oxygens (including phenoxy) is 1. The highest BCUT2D eigenvalue weighted by atomic mass is 16.5. The van der Waals surface area contributed by atoms with Gasteiger partial charge in [-0.1, -0.05) is 0 Å². The van der Waals surface area contributed by atoms with Gasteiger partial charge in [-0.3, -0.25) is 5.41 Å². The van der Waals surface area contributed by atoms with E-state index in [1.54, 1.807) is 13.3 Å². The summed E-state index contributed by atoms with van der Waals surface area (Å²) in [6.45, 7) is 0. The van der Waals surface area contributed by atoms with Gasteiger partial charge in [0.1, 0.15) is 5.82 Å². The number of hydrogen-bond donors (Lipinski definition) is 2. The van der Waals surface area contributed by atoms with Gasteiger partial charge in [-0.25, -0.2) is 4.98 Å². The number of methoxy groups -OCH3 is 1. The molecule has 0 aromatic carbocycles. The van der Waals surface area contributed by atoms with Crippen molar-refractivity contribution in [3.8, 4) is 5.88 Å². The average molecular weight is 206 g/mol. The van der Waals surface area contributed by atoms with Crippen LogP contribution in [0.15, 0.2) is 6.20 Å². The summed E-state index contributed by atoms with van der Waals surface area (Å²) in [6, 6.07) is 0. The molecule has 0 bridgehead atoms. The monoisotopic (exact) mass is 206 g/mol. The minimum Gasteiger partial charge on any atom is -0.481 e. The normalized spacial score (nSPS) is 15.0. The highest BCUT2D eigenvalue weighted by Crippen LogP contribution is 2.38. The Morgan fingerprint density at radius 3 is 2.93 bits per heavy atom. The number of nitrogens with two attached hydrogens (primary N) is 1. The second-order valence-corrected chi connectivity index (χ2v) is 3.74. The molecule has 0 saturated heterocycles. The molecular formula is C10H14N4O. The molecule has 1 aromatic heterocycles. The summed E-state index contributed by atoms with van der Waals surface area (Å²) in [7, 11) is 1.57. The topological polar surface area (TPSA) is 84.9 Å². The summed E-state index contributed by atoms with van der Waals surface area (Å²) in [5, 5.41) is 7.22. The minimum atomic E-state index is 0.0936. The van der Waals surface area contributed by atoms with Crippen molar-refractivity contribution in [2.24, 2.45) is 5.73 Å². The van der Waals surface area contributed by atoms with Crippen molar-refractivity contribution >= 4 is 5.84 Å². The van der Waals surface area contributed by atoms with Crippen LogP contribution in [0.2, 0.25) is 0 Å². The fraction of sp³-hybridized carbons (Fsp3) is 0.500. The average Bonchev–Trinajstić information content (AvgIpc) is 3.01. The smallest absolute Gasteiger partial charge is 0.220 e. The maximum Gasteiger partial charge on any atom is 0.220 e. The van der Waals surface area contributed by atoms with Crippen LogP contribution in [0.3, 0.4) is 0 Å². The highest BCUT2D eigenvalue weighted by Gasteiger charge is 2.27. The van der Waals surface area contributed by atoms with Crippen molar-refractivity contribution in [3.63, 3.8) is 0 Å². The molecule has 5 heteroatoms. The standard InChI is InChI=1S/C10H14N4O/c1-15-10-7(4-8(11)12)5-13-9(14-10)6-2-3-6/h5-6H,2-4H2,1H3,(H3,11,12). The van der Waals surface area contributed by atoms with E-state index in [2.05, 4.69) is 9.97 Å². The van der Waals surface area contributed by atoms with Gasteiger partial charge in [-0.05, 0) is 12.8 Å². The van der Waals surface area contributed by atoms with Crippen LogP contribution in [0.1, 0.15) is 30.1 Å². The van der Waals surface area contributed by atoms with Crippen LogP contribution in [0, 0.1) is 5.41 Å². The molecule has 0 atom stereocenters. The first-order valence-corrected chi connectivity index (χ1v) is 4.93. The number of amidine groups is 1. The van der Waals surface area contributed by atoms with Gasteiger partial charge >= 0.3 is 0 Å². The predicted molar refractivity (Wildman–Crippen MR) is 56.2 cm³/mol. The van der Waals surface area contributed by atoms with Crippen LogP contribution >= 0.6 is 0 Å². The molecule has 1 aliphatic rings. The first-order chi connectivity index (χ1) is 7.20. The third kappa shape index (κ3) is 2.23. The molecule has 1 saturated carbocycles. The van der Waals surface area contributed by atoms with Crippen LogP contribution in [-0.2, 0) is 6.42 Å². The molecular weight excluding hydrogens is 192 g/mol. The van der Waals surface area contributed by atoms with Crippen LogP contribution in [0.25, 0.3) is 0 Å². The van der Waals surface area contributed by atoms with E-state index in [-0.39, 0.29) is 5.84 Å². The molecule has 0 radical (unpaired) electrons. The van der Waals surface area contributed by atoms with Gasteiger partial charge in [0, 0.05) is 24.1 Å². The first-order valence-electron chi connectivity index (χ1n) is 4.93. The van der Waals surface area contributed by atoms with Crippen molar-refractivity contribution in [1.82, 2.24) is 9.97 Å². The van der Waals surface area contributed by atoms with E-state index in [0.29, 0.717) is 18.2 Å². The van der Waals surface area contributed by atoms with Crippen molar-refractivity contribution in [3.05, 3.63) is 17.6 Å². The van der Waals surface area contributed by atoms with Gasteiger partial charge in [-0.2, -0.15) is 4.98 Å². The Balaban J connectivity index is 2.26. The van der Waals surface area contributed by atoms with E-state index in [1.807, 2.05) is 0 Å². The number of rotatable bonds is 4. The van der Waals surface area contributed by atoms with Gasteiger partial charge < -0.3 is 10.5 Å². The molecule has 1 aromatic rings. The Morgan fingerprint density at radius 1 is 1.67 bits per heavy atom. The Morgan fingerprint density at radius 2 is 2.40 bits per heavy atom. The molecule has 1 aliphatic carbocycles. The fourth-order valence-electron chi connectivity index (χ4n) is 1.45. The second kappa shape index (κ2) is 3.84. The molecule has 0 spiro atoms. The van der Waals surface area contributed by atoms with E-state index in [4.69, 9.17) is 15.9 Å². The molecule has 0 amide bonds. The largest absolute Gasteiger partial charge is 0.481 e. The van der Waals surface area contributed by atoms with E-state index in [1.165, 1.54) is 0 Å². The zero-order valence-electron chi connectivity index (χ0n) is 8.66. The van der Waals surface area contributed by atoms with Gasteiger partial charge in [0.15, 0.2) is 0 Å². The fourth-order valence-corrected chi connectivity index (χ4v) is 1.45. The zero-order valence-corrected chi connectivity index (χ0v) is 8.66. The summed E-state index contributed by atoms with van der Waals surface area (Å²) in [6.07, 6.45) is 4.37. The molecule has 5 nitrogen and oxygen atoms in total. The number of nitrogens with one attached hydrogen (secondary N) is 1. The maximum atomic E-state index is 7.22. The SMILES string of the molecule is COc1nc(C2CC2)ncc1CC(=N)N. The summed E-state index contributed by atoms with van der Waals surface area (Å²) < 4.78 is 5.16. The lowest BCUT2D eigenvalue weighted by molar-refractivity contribution is 0.390. The predicted octanol–water partition coefficient (Wildman–Crippen LogP) is 0.841. The van der Waals surface area contributed by atoms with Crippen LogP contribution in [0.4, 0.5) is 0 Å². The maximum absolute atomic E-state index is 7.22. The Labute approximate surface area is 88.2 Å². The summed E-state index contributed by atoms with van der Waals surface area (Å²) in [4.78, 5) is 8.58. The summed E-state index contributed by atoms with van der Waals surface area (Å²) >= 11 is 0. The van der Waals surface area contributed by atoms with Crippen LogP contribution in [0.5, 0.6) is 5.88 Å². The Bertz CT molecular complexity index is 387. The molecule has 1 fully saturated rings. The van der Waals surface area contributed by atoms with Gasteiger partial charge in [0.2, 0.25) is 5.88 Å².